The molecule has 0 bridgehead atoms. The van der Waals surface area contributed by atoms with Gasteiger partial charge in [0.15, 0.2) is 0 Å². The van der Waals surface area contributed by atoms with Crippen LogP contribution in [-0.4, -0.2) is 28.9 Å². The fraction of sp³-hybridized carbons (Fsp3) is 0.500. The largest absolute Gasteiger partial charge is 0.339 e. The van der Waals surface area contributed by atoms with Gasteiger partial charge >= 0.3 is 0 Å². The van der Waals surface area contributed by atoms with Crippen molar-refractivity contribution >= 4 is 17.5 Å². The lowest BCUT2D eigenvalue weighted by Crippen LogP contribution is -2.34. The summed E-state index contributed by atoms with van der Waals surface area (Å²) in [5.74, 6) is -0.490. The Labute approximate surface area is 106 Å². The molecule has 1 amide bonds. The van der Waals surface area contributed by atoms with Crippen LogP contribution in [0.1, 0.15) is 31.1 Å². The molecule has 0 saturated carbocycles. The third-order valence-corrected chi connectivity index (χ3v) is 2.59. The molecule has 0 aliphatic rings. The fourth-order valence-electron chi connectivity index (χ4n) is 1.54. The third-order valence-electron chi connectivity index (χ3n) is 2.29. The van der Waals surface area contributed by atoms with Gasteiger partial charge in [0.2, 0.25) is 0 Å². The molecule has 94 valence electrons. The maximum Gasteiger partial charge on any atom is 0.257 e. The van der Waals surface area contributed by atoms with Crippen molar-refractivity contribution < 1.29 is 9.18 Å². The minimum atomic E-state index is -0.557. The number of pyridine rings is 1. The molecular weight excluding hydrogens is 243 g/mol. The first kappa shape index (κ1) is 13.9. The predicted molar refractivity (Wildman–Crippen MR) is 65.6 cm³/mol. The average Bonchev–Trinajstić information content (AvgIpc) is 2.28. The zero-order valence-electron chi connectivity index (χ0n) is 10.2. The van der Waals surface area contributed by atoms with E-state index in [9.17, 15) is 9.18 Å². The van der Waals surface area contributed by atoms with E-state index in [4.69, 9.17) is 11.6 Å². The molecule has 0 spiro atoms. The Kier molecular flexibility index (Phi) is 4.87. The van der Waals surface area contributed by atoms with Gasteiger partial charge in [-0.1, -0.05) is 25.4 Å². The smallest absolute Gasteiger partial charge is 0.257 e. The molecule has 5 heteroatoms. The second-order valence-electron chi connectivity index (χ2n) is 4.23. The molecule has 1 heterocycles. The minimum absolute atomic E-state index is 0.0404. The molecule has 1 rings (SSSR count). The van der Waals surface area contributed by atoms with Gasteiger partial charge in [0.25, 0.3) is 5.91 Å². The number of hydrogen-bond acceptors (Lipinski definition) is 2. The van der Waals surface area contributed by atoms with Crippen LogP contribution in [0.15, 0.2) is 12.3 Å². The summed E-state index contributed by atoms with van der Waals surface area (Å²) >= 11 is 5.80. The van der Waals surface area contributed by atoms with Crippen molar-refractivity contribution in [1.29, 1.82) is 0 Å². The number of aromatic nitrogens is 1. The van der Waals surface area contributed by atoms with Crippen LogP contribution in [0.3, 0.4) is 0 Å². The first-order chi connectivity index (χ1) is 7.95. The van der Waals surface area contributed by atoms with Gasteiger partial charge in [-0.15, -0.1) is 0 Å². The lowest BCUT2D eigenvalue weighted by atomic mass is 10.2. The summed E-state index contributed by atoms with van der Waals surface area (Å²) in [5, 5.41) is 0.0404. The van der Waals surface area contributed by atoms with Gasteiger partial charge in [-0.2, -0.15) is 0 Å². The molecule has 1 aromatic rings. The van der Waals surface area contributed by atoms with Crippen LogP contribution in [-0.2, 0) is 0 Å². The highest BCUT2D eigenvalue weighted by atomic mass is 35.5. The molecule has 17 heavy (non-hydrogen) atoms. The summed E-state index contributed by atoms with van der Waals surface area (Å²) in [6.07, 6.45) is 0.998. The van der Waals surface area contributed by atoms with E-state index in [1.807, 2.05) is 20.8 Å². The Morgan fingerprint density at radius 3 is 2.76 bits per heavy atom. The number of rotatable bonds is 4. The van der Waals surface area contributed by atoms with Crippen molar-refractivity contribution in [3.8, 4) is 0 Å². The van der Waals surface area contributed by atoms with Crippen molar-refractivity contribution in [1.82, 2.24) is 9.88 Å². The number of hydrogen-bond donors (Lipinski definition) is 0. The highest BCUT2D eigenvalue weighted by Gasteiger charge is 2.19. The summed E-state index contributed by atoms with van der Waals surface area (Å²) in [6.45, 7) is 7.08. The van der Waals surface area contributed by atoms with E-state index in [0.717, 1.165) is 12.3 Å². The van der Waals surface area contributed by atoms with E-state index >= 15 is 0 Å². The molecular formula is C12H16ClFN2O. The van der Waals surface area contributed by atoms with Crippen molar-refractivity contribution in [2.45, 2.75) is 20.8 Å². The molecule has 0 saturated heterocycles. The molecule has 0 aromatic carbocycles. The third kappa shape index (κ3) is 3.66. The van der Waals surface area contributed by atoms with Crippen LogP contribution >= 0.6 is 11.6 Å². The topological polar surface area (TPSA) is 33.2 Å². The van der Waals surface area contributed by atoms with Gasteiger partial charge in [0, 0.05) is 13.1 Å². The minimum Gasteiger partial charge on any atom is -0.339 e. The number of halogens is 2. The normalized spacial score (nSPS) is 10.7. The molecule has 0 unspecified atom stereocenters. The maximum absolute atomic E-state index is 13.0. The maximum atomic E-state index is 13.0. The number of nitrogens with zero attached hydrogens (tertiary/aromatic N) is 2. The van der Waals surface area contributed by atoms with Crippen LogP contribution in [0.2, 0.25) is 5.15 Å². The van der Waals surface area contributed by atoms with Crippen molar-refractivity contribution in [3.63, 3.8) is 0 Å². The molecule has 1 aromatic heterocycles. The summed E-state index contributed by atoms with van der Waals surface area (Å²) < 4.78 is 13.0. The second-order valence-corrected chi connectivity index (χ2v) is 4.59. The number of carbonyl (C=O) groups is 1. The highest BCUT2D eigenvalue weighted by Crippen LogP contribution is 2.16. The predicted octanol–water partition coefficient (Wildman–Crippen LogP) is 2.99. The molecule has 3 nitrogen and oxygen atoms in total. The Balaban J connectivity index is 2.97. The zero-order valence-corrected chi connectivity index (χ0v) is 11.0. The van der Waals surface area contributed by atoms with Gasteiger partial charge < -0.3 is 4.90 Å². The number of amides is 1. The summed E-state index contributed by atoms with van der Waals surface area (Å²) in [7, 11) is 0. The fourth-order valence-corrected chi connectivity index (χ4v) is 1.72. The summed E-state index contributed by atoms with van der Waals surface area (Å²) in [6, 6.07) is 1.13. The van der Waals surface area contributed by atoms with Crippen molar-refractivity contribution in [3.05, 3.63) is 28.8 Å². The van der Waals surface area contributed by atoms with Gasteiger partial charge in [-0.3, -0.25) is 4.79 Å². The molecule has 0 atom stereocenters. The first-order valence-corrected chi connectivity index (χ1v) is 5.93. The van der Waals surface area contributed by atoms with E-state index in [1.54, 1.807) is 4.90 Å². The Morgan fingerprint density at radius 2 is 2.24 bits per heavy atom. The molecule has 0 N–H and O–H groups in total. The Hall–Kier alpha value is -1.16. The van der Waals surface area contributed by atoms with Gasteiger partial charge in [-0.05, 0) is 18.9 Å². The SMILES string of the molecule is CCN(CC(C)C)C(=O)c1cc(F)cnc1Cl. The Morgan fingerprint density at radius 1 is 1.59 bits per heavy atom. The van der Waals surface area contributed by atoms with Crippen LogP contribution in [0, 0.1) is 11.7 Å². The zero-order chi connectivity index (χ0) is 13.0. The first-order valence-electron chi connectivity index (χ1n) is 5.56. The van der Waals surface area contributed by atoms with E-state index < -0.39 is 5.82 Å². The summed E-state index contributed by atoms with van der Waals surface area (Å²) in [4.78, 5) is 17.4. The van der Waals surface area contributed by atoms with Gasteiger partial charge in [0.05, 0.1) is 11.8 Å². The Bertz CT molecular complexity index is 409. The molecule has 0 radical (unpaired) electrons. The lowest BCUT2D eigenvalue weighted by Gasteiger charge is -2.23. The van der Waals surface area contributed by atoms with Crippen molar-refractivity contribution in [2.24, 2.45) is 5.92 Å². The quantitative estimate of drug-likeness (QED) is 0.778. The standard InChI is InChI=1S/C12H16ClFN2O/c1-4-16(7-8(2)3)12(17)10-5-9(14)6-15-11(10)13/h5-6,8H,4,7H2,1-3H3. The summed E-state index contributed by atoms with van der Waals surface area (Å²) in [5.41, 5.74) is 0.120. The van der Waals surface area contributed by atoms with Crippen molar-refractivity contribution in [2.75, 3.05) is 13.1 Å². The van der Waals surface area contributed by atoms with E-state index in [0.29, 0.717) is 19.0 Å². The second kappa shape index (κ2) is 5.96. The van der Waals surface area contributed by atoms with Crippen LogP contribution < -0.4 is 0 Å². The molecule has 0 aliphatic heterocycles. The molecule has 0 aliphatic carbocycles. The monoisotopic (exact) mass is 258 g/mol. The van der Waals surface area contributed by atoms with E-state index in [-0.39, 0.29) is 16.6 Å². The number of carbonyl (C=O) groups excluding carboxylic acids is 1. The van der Waals surface area contributed by atoms with E-state index in [2.05, 4.69) is 4.98 Å². The van der Waals surface area contributed by atoms with Crippen LogP contribution in [0.4, 0.5) is 4.39 Å². The van der Waals surface area contributed by atoms with Crippen LogP contribution in [0.25, 0.3) is 0 Å². The average molecular weight is 259 g/mol. The highest BCUT2D eigenvalue weighted by molar-refractivity contribution is 6.32. The van der Waals surface area contributed by atoms with Gasteiger partial charge in [-0.25, -0.2) is 9.37 Å². The molecule has 0 fully saturated rings. The van der Waals surface area contributed by atoms with Gasteiger partial charge in [0.1, 0.15) is 11.0 Å². The van der Waals surface area contributed by atoms with Crippen LogP contribution in [0.5, 0.6) is 0 Å². The lowest BCUT2D eigenvalue weighted by molar-refractivity contribution is 0.0745. The van der Waals surface area contributed by atoms with E-state index in [1.165, 1.54) is 0 Å².